The van der Waals surface area contributed by atoms with Crippen LogP contribution in [0, 0.1) is 0 Å². The predicted molar refractivity (Wildman–Crippen MR) is 56.6 cm³/mol. The number of carbonyl (C=O) groups is 1. The molecule has 3 nitrogen and oxygen atoms in total. The van der Waals surface area contributed by atoms with Gasteiger partial charge in [-0.05, 0) is 30.7 Å². The van der Waals surface area contributed by atoms with Gasteiger partial charge in [-0.2, -0.15) is 8.78 Å². The lowest BCUT2D eigenvalue weighted by Crippen LogP contribution is -2.10. The number of amides is 1. The maximum Gasteiger partial charge on any atom is 0.387 e. The van der Waals surface area contributed by atoms with Crippen molar-refractivity contribution in [3.63, 3.8) is 0 Å². The fourth-order valence-corrected chi connectivity index (χ4v) is 1.17. The number of hydrogen-bond donors (Lipinski definition) is 1. The summed E-state index contributed by atoms with van der Waals surface area (Å²) < 4.78 is 27.9. The first-order valence-corrected chi connectivity index (χ1v) is 4.96. The number of alkyl halides is 2. The van der Waals surface area contributed by atoms with Gasteiger partial charge in [0.15, 0.2) is 0 Å². The highest BCUT2D eigenvalue weighted by molar-refractivity contribution is 5.90. The van der Waals surface area contributed by atoms with Crippen molar-refractivity contribution >= 4 is 11.6 Å². The van der Waals surface area contributed by atoms with Crippen LogP contribution in [0.5, 0.6) is 5.75 Å². The van der Waals surface area contributed by atoms with E-state index in [9.17, 15) is 13.6 Å². The van der Waals surface area contributed by atoms with Crippen LogP contribution >= 0.6 is 0 Å². The fraction of sp³-hybridized carbons (Fsp3) is 0.364. The van der Waals surface area contributed by atoms with Crippen LogP contribution < -0.4 is 10.1 Å². The van der Waals surface area contributed by atoms with E-state index in [0.29, 0.717) is 12.1 Å². The van der Waals surface area contributed by atoms with Crippen molar-refractivity contribution in [1.82, 2.24) is 0 Å². The van der Waals surface area contributed by atoms with Gasteiger partial charge >= 0.3 is 6.61 Å². The minimum Gasteiger partial charge on any atom is -0.435 e. The van der Waals surface area contributed by atoms with Gasteiger partial charge in [0.1, 0.15) is 5.75 Å². The molecule has 1 aromatic rings. The molecule has 0 unspecified atom stereocenters. The van der Waals surface area contributed by atoms with Crippen molar-refractivity contribution in [1.29, 1.82) is 0 Å². The van der Waals surface area contributed by atoms with Crippen LogP contribution in [0.4, 0.5) is 14.5 Å². The number of nitrogens with one attached hydrogen (secondary N) is 1. The smallest absolute Gasteiger partial charge is 0.387 e. The lowest BCUT2D eigenvalue weighted by atomic mass is 10.2. The largest absolute Gasteiger partial charge is 0.435 e. The Balaban J connectivity index is 2.54. The zero-order valence-corrected chi connectivity index (χ0v) is 8.87. The lowest BCUT2D eigenvalue weighted by molar-refractivity contribution is -0.116. The molecule has 0 heterocycles. The van der Waals surface area contributed by atoms with E-state index < -0.39 is 6.61 Å². The molecule has 0 saturated carbocycles. The first-order chi connectivity index (χ1) is 7.61. The molecule has 0 fully saturated rings. The molecule has 0 bridgehead atoms. The molecule has 1 aromatic carbocycles. The molecule has 0 aliphatic heterocycles. The SMILES string of the molecule is CCCC(=O)Nc1ccc(OC(F)F)cc1. The van der Waals surface area contributed by atoms with Crippen LogP contribution in [0.25, 0.3) is 0 Å². The van der Waals surface area contributed by atoms with Gasteiger partial charge < -0.3 is 10.1 Å². The van der Waals surface area contributed by atoms with Gasteiger partial charge in [0.05, 0.1) is 0 Å². The fourth-order valence-electron chi connectivity index (χ4n) is 1.17. The zero-order chi connectivity index (χ0) is 12.0. The Hall–Kier alpha value is -1.65. The molecule has 0 aromatic heterocycles. The molecular formula is C11H13F2NO2. The monoisotopic (exact) mass is 229 g/mol. The number of anilines is 1. The van der Waals surface area contributed by atoms with Crippen molar-refractivity contribution in [2.24, 2.45) is 0 Å². The molecule has 0 radical (unpaired) electrons. The summed E-state index contributed by atoms with van der Waals surface area (Å²) in [6, 6.07) is 5.80. The molecule has 0 aliphatic carbocycles. The van der Waals surface area contributed by atoms with Gasteiger partial charge in [-0.25, -0.2) is 0 Å². The minimum absolute atomic E-state index is 0.0727. The third-order valence-corrected chi connectivity index (χ3v) is 1.84. The maximum absolute atomic E-state index is 11.8. The van der Waals surface area contributed by atoms with Crippen molar-refractivity contribution in [2.75, 3.05) is 5.32 Å². The van der Waals surface area contributed by atoms with E-state index >= 15 is 0 Å². The first kappa shape index (κ1) is 12.4. The molecule has 0 spiro atoms. The number of halogens is 2. The Labute approximate surface area is 92.4 Å². The number of ether oxygens (including phenoxy) is 1. The average molecular weight is 229 g/mol. The topological polar surface area (TPSA) is 38.3 Å². The van der Waals surface area contributed by atoms with Crippen LogP contribution in [0.15, 0.2) is 24.3 Å². The maximum atomic E-state index is 11.8. The second-order valence-electron chi connectivity index (χ2n) is 3.20. The molecule has 1 amide bonds. The highest BCUT2D eigenvalue weighted by Crippen LogP contribution is 2.17. The molecule has 1 N–H and O–H groups in total. The predicted octanol–water partition coefficient (Wildman–Crippen LogP) is 3.03. The van der Waals surface area contributed by atoms with Crippen molar-refractivity contribution < 1.29 is 18.3 Å². The second-order valence-corrected chi connectivity index (χ2v) is 3.20. The summed E-state index contributed by atoms with van der Waals surface area (Å²) >= 11 is 0. The van der Waals surface area contributed by atoms with Crippen LogP contribution in [0.2, 0.25) is 0 Å². The Bertz CT molecular complexity index is 338. The number of rotatable bonds is 5. The van der Waals surface area contributed by atoms with Gasteiger partial charge in [-0.1, -0.05) is 6.92 Å². The number of benzene rings is 1. The zero-order valence-electron chi connectivity index (χ0n) is 8.87. The van der Waals surface area contributed by atoms with Crippen molar-refractivity contribution in [2.45, 2.75) is 26.4 Å². The summed E-state index contributed by atoms with van der Waals surface area (Å²) in [5, 5.41) is 2.64. The molecule has 5 heteroatoms. The standard InChI is InChI=1S/C11H13F2NO2/c1-2-3-10(15)14-8-4-6-9(7-5-8)16-11(12)13/h4-7,11H,2-3H2,1H3,(H,14,15). The van der Waals surface area contributed by atoms with E-state index in [1.807, 2.05) is 6.92 Å². The quantitative estimate of drug-likeness (QED) is 0.842. The van der Waals surface area contributed by atoms with E-state index in [1.165, 1.54) is 24.3 Å². The molecule has 0 atom stereocenters. The summed E-state index contributed by atoms with van der Waals surface area (Å²) in [6.07, 6.45) is 1.20. The Morgan fingerprint density at radius 3 is 2.50 bits per heavy atom. The molecule has 0 saturated heterocycles. The van der Waals surface area contributed by atoms with Crippen LogP contribution in [-0.2, 0) is 4.79 Å². The van der Waals surface area contributed by atoms with Crippen molar-refractivity contribution in [3.8, 4) is 5.75 Å². The normalized spacial score (nSPS) is 10.2. The summed E-state index contributed by atoms with van der Waals surface area (Å²) in [7, 11) is 0. The molecule has 1 rings (SSSR count). The van der Waals surface area contributed by atoms with Crippen LogP contribution in [-0.4, -0.2) is 12.5 Å². The van der Waals surface area contributed by atoms with Crippen LogP contribution in [0.3, 0.4) is 0 Å². The Kier molecular flexibility index (Phi) is 4.69. The molecule has 16 heavy (non-hydrogen) atoms. The molecule has 0 aliphatic rings. The van der Waals surface area contributed by atoms with E-state index in [1.54, 1.807) is 0 Å². The van der Waals surface area contributed by atoms with E-state index in [0.717, 1.165) is 6.42 Å². The van der Waals surface area contributed by atoms with Crippen molar-refractivity contribution in [3.05, 3.63) is 24.3 Å². The number of carbonyl (C=O) groups excluding carboxylic acids is 1. The van der Waals surface area contributed by atoms with Gasteiger partial charge in [-0.15, -0.1) is 0 Å². The molecule has 88 valence electrons. The second kappa shape index (κ2) is 6.05. The lowest BCUT2D eigenvalue weighted by Gasteiger charge is -2.06. The Morgan fingerprint density at radius 2 is 2.00 bits per heavy atom. The minimum atomic E-state index is -2.83. The third kappa shape index (κ3) is 4.25. The average Bonchev–Trinajstić information content (AvgIpc) is 2.20. The summed E-state index contributed by atoms with van der Waals surface area (Å²) in [5.41, 5.74) is 0.570. The summed E-state index contributed by atoms with van der Waals surface area (Å²) in [6.45, 7) is -0.931. The van der Waals surface area contributed by atoms with E-state index in [4.69, 9.17) is 0 Å². The first-order valence-electron chi connectivity index (χ1n) is 4.96. The number of hydrogen-bond acceptors (Lipinski definition) is 2. The highest BCUT2D eigenvalue weighted by Gasteiger charge is 2.04. The van der Waals surface area contributed by atoms with Gasteiger partial charge in [0.2, 0.25) is 5.91 Å². The van der Waals surface area contributed by atoms with E-state index in [-0.39, 0.29) is 11.7 Å². The van der Waals surface area contributed by atoms with Crippen LogP contribution in [0.1, 0.15) is 19.8 Å². The third-order valence-electron chi connectivity index (χ3n) is 1.84. The Morgan fingerprint density at radius 1 is 1.38 bits per heavy atom. The van der Waals surface area contributed by atoms with Gasteiger partial charge in [0, 0.05) is 12.1 Å². The highest BCUT2D eigenvalue weighted by atomic mass is 19.3. The molecular weight excluding hydrogens is 216 g/mol. The summed E-state index contributed by atoms with van der Waals surface area (Å²) in [5.74, 6) is -0.0199. The van der Waals surface area contributed by atoms with Gasteiger partial charge in [-0.3, -0.25) is 4.79 Å². The van der Waals surface area contributed by atoms with Gasteiger partial charge in [0.25, 0.3) is 0 Å². The summed E-state index contributed by atoms with van der Waals surface area (Å²) in [4.78, 5) is 11.2. The van der Waals surface area contributed by atoms with E-state index in [2.05, 4.69) is 10.1 Å².